The second-order valence-corrected chi connectivity index (χ2v) is 9.27. The molecule has 3 aliphatic rings. The molecule has 1 unspecified atom stereocenters. The molecule has 2 fully saturated rings. The highest BCUT2D eigenvalue weighted by Gasteiger charge is 2.44. The number of hydrazine groups is 1. The molecule has 0 spiro atoms. The Labute approximate surface area is 202 Å². The van der Waals surface area contributed by atoms with Crippen molar-refractivity contribution in [3.05, 3.63) is 59.7 Å². The highest BCUT2D eigenvalue weighted by Crippen LogP contribution is 2.44. The molecule has 5 rings (SSSR count). The van der Waals surface area contributed by atoms with Gasteiger partial charge in [-0.25, -0.2) is 14.6 Å². The summed E-state index contributed by atoms with van der Waals surface area (Å²) in [6.45, 7) is 0.161. The van der Waals surface area contributed by atoms with Crippen LogP contribution < -0.4 is 10.7 Å². The van der Waals surface area contributed by atoms with Crippen LogP contribution in [0, 0.1) is 5.92 Å². The summed E-state index contributed by atoms with van der Waals surface area (Å²) in [5.41, 5.74) is 6.84. The molecule has 3 amide bonds. The second kappa shape index (κ2) is 9.40. The van der Waals surface area contributed by atoms with Gasteiger partial charge in [-0.3, -0.25) is 15.0 Å². The lowest BCUT2D eigenvalue weighted by atomic mass is 9.83. The van der Waals surface area contributed by atoms with Gasteiger partial charge in [0.25, 0.3) is 0 Å². The van der Waals surface area contributed by atoms with Crippen LogP contribution in [0.5, 0.6) is 0 Å². The Morgan fingerprint density at radius 2 is 1.63 bits per heavy atom. The van der Waals surface area contributed by atoms with Crippen LogP contribution in [-0.4, -0.2) is 52.7 Å². The Kier molecular flexibility index (Phi) is 6.15. The van der Waals surface area contributed by atoms with E-state index in [1.165, 1.54) is 0 Å². The van der Waals surface area contributed by atoms with Crippen LogP contribution in [-0.2, 0) is 19.1 Å². The van der Waals surface area contributed by atoms with E-state index in [9.17, 15) is 24.3 Å². The molecular weight excluding hydrogens is 450 g/mol. The molecule has 3 N–H and O–H groups in total. The fourth-order valence-electron chi connectivity index (χ4n) is 5.50. The molecule has 1 heterocycles. The SMILES string of the molecule is O=C1CC(C(=O)O)N(C(=O)[C@H]2CCCC[C@H]2NC(=O)OCC2c3ccccc3-c3ccccc32)N1. The molecule has 0 aromatic heterocycles. The van der Waals surface area contributed by atoms with E-state index in [0.29, 0.717) is 12.8 Å². The first-order valence-electron chi connectivity index (χ1n) is 11.9. The second-order valence-electron chi connectivity index (χ2n) is 9.27. The first-order chi connectivity index (χ1) is 16.9. The number of hydrogen-bond donors (Lipinski definition) is 3. The summed E-state index contributed by atoms with van der Waals surface area (Å²) in [5, 5.41) is 13.1. The first-order valence-corrected chi connectivity index (χ1v) is 11.9. The molecule has 35 heavy (non-hydrogen) atoms. The standard InChI is InChI=1S/C26H27N3O6/c30-23-13-22(25(32)33)29(28-23)24(31)19-11-5-6-12-21(19)27-26(34)35-14-20-17-9-3-1-7-15(17)16-8-2-4-10-18(16)20/h1-4,7-10,19-22H,5-6,11-14H2,(H,27,34)(H,28,30)(H,32,33)/t19-,21+,22?/m0/s1. The van der Waals surface area contributed by atoms with Crippen LogP contribution in [0.1, 0.15) is 49.1 Å². The lowest BCUT2D eigenvalue weighted by Crippen LogP contribution is -2.54. The average molecular weight is 478 g/mol. The molecule has 0 radical (unpaired) electrons. The van der Waals surface area contributed by atoms with E-state index in [0.717, 1.165) is 40.1 Å². The molecule has 9 nitrogen and oxygen atoms in total. The van der Waals surface area contributed by atoms with Gasteiger partial charge in [-0.15, -0.1) is 0 Å². The smallest absolute Gasteiger partial charge is 0.407 e. The number of fused-ring (bicyclic) bond motifs is 3. The van der Waals surface area contributed by atoms with Gasteiger partial charge in [0.2, 0.25) is 11.8 Å². The number of hydrogen-bond acceptors (Lipinski definition) is 5. The normalized spacial score (nSPS) is 23.3. The van der Waals surface area contributed by atoms with E-state index in [4.69, 9.17) is 4.74 Å². The molecule has 1 saturated carbocycles. The predicted octanol–water partition coefficient (Wildman–Crippen LogP) is 2.80. The maximum atomic E-state index is 13.2. The number of carboxylic acid groups (broad SMARTS) is 1. The minimum Gasteiger partial charge on any atom is -0.480 e. The van der Waals surface area contributed by atoms with Crippen LogP contribution >= 0.6 is 0 Å². The van der Waals surface area contributed by atoms with Crippen molar-refractivity contribution in [3.8, 4) is 11.1 Å². The van der Waals surface area contributed by atoms with E-state index in [1.807, 2.05) is 36.4 Å². The molecule has 1 saturated heterocycles. The number of aliphatic carboxylic acids is 1. The molecule has 2 aromatic carbocycles. The van der Waals surface area contributed by atoms with E-state index >= 15 is 0 Å². The summed E-state index contributed by atoms with van der Waals surface area (Å²) in [4.78, 5) is 49.2. The highest BCUT2D eigenvalue weighted by atomic mass is 16.5. The summed E-state index contributed by atoms with van der Waals surface area (Å²) in [6.07, 6.45) is 1.77. The molecule has 1 aliphatic heterocycles. The number of nitrogens with one attached hydrogen (secondary N) is 2. The van der Waals surface area contributed by atoms with Crippen LogP contribution in [0.3, 0.4) is 0 Å². The van der Waals surface area contributed by atoms with Crippen LogP contribution in [0.4, 0.5) is 4.79 Å². The van der Waals surface area contributed by atoms with Gasteiger partial charge in [-0.2, -0.15) is 0 Å². The molecular formula is C26H27N3O6. The monoisotopic (exact) mass is 477 g/mol. The molecule has 0 bridgehead atoms. The molecule has 182 valence electrons. The van der Waals surface area contributed by atoms with E-state index in [2.05, 4.69) is 22.9 Å². The Bertz CT molecular complexity index is 1140. The van der Waals surface area contributed by atoms with Crippen molar-refractivity contribution in [2.45, 2.75) is 50.1 Å². The first kappa shape index (κ1) is 22.9. The van der Waals surface area contributed by atoms with Crippen molar-refractivity contribution < 1.29 is 29.0 Å². The summed E-state index contributed by atoms with van der Waals surface area (Å²) >= 11 is 0. The number of amides is 3. The Balaban J connectivity index is 1.25. The Morgan fingerprint density at radius 3 is 2.29 bits per heavy atom. The third kappa shape index (κ3) is 4.34. The Morgan fingerprint density at radius 1 is 1.00 bits per heavy atom. The molecule has 2 aliphatic carbocycles. The number of carbonyl (C=O) groups excluding carboxylic acids is 3. The third-order valence-electron chi connectivity index (χ3n) is 7.19. The summed E-state index contributed by atoms with van der Waals surface area (Å²) in [5.74, 6) is -2.96. The Hall–Kier alpha value is -3.88. The van der Waals surface area contributed by atoms with E-state index in [1.54, 1.807) is 0 Å². The zero-order chi connectivity index (χ0) is 24.5. The van der Waals surface area contributed by atoms with Crippen LogP contribution in [0.2, 0.25) is 0 Å². The third-order valence-corrected chi connectivity index (χ3v) is 7.19. The highest BCUT2D eigenvalue weighted by molar-refractivity contribution is 5.94. The lowest BCUT2D eigenvalue weighted by Gasteiger charge is -2.34. The summed E-state index contributed by atoms with van der Waals surface area (Å²) in [6, 6.07) is 14.4. The van der Waals surface area contributed by atoms with Crippen molar-refractivity contribution in [3.63, 3.8) is 0 Å². The fraction of sp³-hybridized carbons (Fsp3) is 0.385. The van der Waals surface area contributed by atoms with Crippen LogP contribution in [0.15, 0.2) is 48.5 Å². The van der Waals surface area contributed by atoms with Gasteiger partial charge >= 0.3 is 12.1 Å². The molecule has 3 atom stereocenters. The van der Waals surface area contributed by atoms with Gasteiger partial charge in [0.05, 0.1) is 12.3 Å². The minimum atomic E-state index is -1.24. The van der Waals surface area contributed by atoms with Crippen molar-refractivity contribution in [1.82, 2.24) is 15.8 Å². The number of ether oxygens (including phenoxy) is 1. The summed E-state index contributed by atoms with van der Waals surface area (Å²) < 4.78 is 5.63. The van der Waals surface area contributed by atoms with E-state index in [-0.39, 0.29) is 18.9 Å². The zero-order valence-electron chi connectivity index (χ0n) is 19.1. The number of nitrogens with zero attached hydrogens (tertiary/aromatic N) is 1. The lowest BCUT2D eigenvalue weighted by molar-refractivity contribution is -0.153. The zero-order valence-corrected chi connectivity index (χ0v) is 19.1. The molecule has 2 aromatic rings. The van der Waals surface area contributed by atoms with Gasteiger partial charge in [-0.1, -0.05) is 61.4 Å². The number of benzene rings is 2. The van der Waals surface area contributed by atoms with Gasteiger partial charge in [0.15, 0.2) is 6.04 Å². The van der Waals surface area contributed by atoms with Crippen molar-refractivity contribution in [1.29, 1.82) is 0 Å². The number of alkyl carbamates (subject to hydrolysis) is 1. The number of rotatable bonds is 5. The van der Waals surface area contributed by atoms with Crippen molar-refractivity contribution in [2.24, 2.45) is 5.92 Å². The topological polar surface area (TPSA) is 125 Å². The largest absolute Gasteiger partial charge is 0.480 e. The quantitative estimate of drug-likeness (QED) is 0.608. The van der Waals surface area contributed by atoms with Gasteiger partial charge < -0.3 is 15.2 Å². The number of carbonyl (C=O) groups is 4. The molecule has 9 heteroatoms. The van der Waals surface area contributed by atoms with Gasteiger partial charge in [0.1, 0.15) is 6.61 Å². The number of carboxylic acids is 1. The maximum absolute atomic E-state index is 13.2. The van der Waals surface area contributed by atoms with Crippen LogP contribution in [0.25, 0.3) is 11.1 Å². The van der Waals surface area contributed by atoms with E-state index < -0.39 is 41.9 Å². The maximum Gasteiger partial charge on any atom is 0.407 e. The van der Waals surface area contributed by atoms with Crippen molar-refractivity contribution >= 4 is 23.9 Å². The fourth-order valence-corrected chi connectivity index (χ4v) is 5.50. The van der Waals surface area contributed by atoms with Gasteiger partial charge in [0, 0.05) is 12.0 Å². The van der Waals surface area contributed by atoms with Gasteiger partial charge in [-0.05, 0) is 35.1 Å². The van der Waals surface area contributed by atoms with Crippen molar-refractivity contribution in [2.75, 3.05) is 6.61 Å². The average Bonchev–Trinajstić information content (AvgIpc) is 3.41. The minimum absolute atomic E-state index is 0.0759. The predicted molar refractivity (Wildman–Crippen MR) is 125 cm³/mol. The summed E-state index contributed by atoms with van der Waals surface area (Å²) in [7, 11) is 0.